The van der Waals surface area contributed by atoms with Gasteiger partial charge in [0, 0.05) is 0 Å². The second kappa shape index (κ2) is 11.6. The highest BCUT2D eigenvalue weighted by Crippen LogP contribution is 2.58. The van der Waals surface area contributed by atoms with Gasteiger partial charge in [0.15, 0.2) is 0 Å². The number of aliphatic hydroxyl groups is 1. The molecule has 0 aliphatic heterocycles. The maximum atomic E-state index is 11.7. The summed E-state index contributed by atoms with van der Waals surface area (Å²) >= 11 is 0. The van der Waals surface area contributed by atoms with E-state index in [1.807, 2.05) is 13.8 Å². The molecule has 0 heterocycles. The zero-order valence-electron chi connectivity index (χ0n) is 29.2. The smallest absolute Gasteiger partial charge is 0.0846 e. The molecule has 9 aromatic carbocycles. The van der Waals surface area contributed by atoms with E-state index in [2.05, 4.69) is 176 Å². The molecule has 0 saturated carbocycles. The minimum atomic E-state index is -1.06. The predicted octanol–water partition coefficient (Wildman–Crippen LogP) is 13.7. The molecule has 0 radical (unpaired) electrons. The fourth-order valence-electron chi connectivity index (χ4n) is 8.68. The molecule has 1 aliphatic carbocycles. The molecule has 1 nitrogen and oxygen atoms in total. The van der Waals surface area contributed by atoms with Crippen molar-refractivity contribution in [3.8, 4) is 66.8 Å². The van der Waals surface area contributed by atoms with Crippen LogP contribution in [0.5, 0.6) is 0 Å². The number of hydrogen-bond acceptors (Lipinski definition) is 1. The van der Waals surface area contributed by atoms with Crippen molar-refractivity contribution in [1.29, 1.82) is 0 Å². The van der Waals surface area contributed by atoms with Crippen LogP contribution >= 0.6 is 0 Å². The van der Waals surface area contributed by atoms with E-state index in [0.29, 0.717) is 0 Å². The second-order valence-corrected chi connectivity index (χ2v) is 14.5. The molecule has 0 aromatic heterocycles. The van der Waals surface area contributed by atoms with Gasteiger partial charge >= 0.3 is 0 Å². The van der Waals surface area contributed by atoms with Crippen LogP contribution < -0.4 is 0 Å². The van der Waals surface area contributed by atoms with E-state index in [-0.39, 0.29) is 0 Å². The highest BCUT2D eigenvalue weighted by atomic mass is 16.3. The molecule has 0 fully saturated rings. The normalized spacial score (nSPS) is 12.1. The van der Waals surface area contributed by atoms with Crippen molar-refractivity contribution < 1.29 is 5.11 Å². The van der Waals surface area contributed by atoms with Gasteiger partial charge in [-0.2, -0.15) is 0 Å². The minimum absolute atomic E-state index is 0.912. The quantitative estimate of drug-likeness (QED) is 0.194. The molecule has 1 N–H and O–H groups in total. The van der Waals surface area contributed by atoms with Crippen molar-refractivity contribution >= 4 is 32.3 Å². The first-order valence-corrected chi connectivity index (χ1v) is 18.1. The Morgan fingerprint density at radius 3 is 1.50 bits per heavy atom. The monoisotopic (exact) mass is 664 g/mol. The first-order valence-electron chi connectivity index (χ1n) is 18.1. The van der Waals surface area contributed by atoms with Gasteiger partial charge in [-0.1, -0.05) is 164 Å². The molecule has 0 saturated heterocycles. The summed E-state index contributed by atoms with van der Waals surface area (Å²) in [7, 11) is 0. The number of rotatable bonds is 5. The third-order valence-corrected chi connectivity index (χ3v) is 11.0. The molecule has 10 rings (SSSR count). The average molecular weight is 665 g/mol. The van der Waals surface area contributed by atoms with Crippen LogP contribution in [0.1, 0.15) is 19.4 Å². The van der Waals surface area contributed by atoms with Gasteiger partial charge in [0.25, 0.3) is 0 Å². The summed E-state index contributed by atoms with van der Waals surface area (Å²) in [6, 6.07) is 63.7. The third-order valence-electron chi connectivity index (χ3n) is 11.0. The van der Waals surface area contributed by atoms with Crippen molar-refractivity contribution in [3.63, 3.8) is 0 Å². The lowest BCUT2D eigenvalue weighted by Crippen LogP contribution is -2.17. The van der Waals surface area contributed by atoms with Gasteiger partial charge in [-0.15, -0.1) is 0 Å². The molecule has 0 spiro atoms. The first-order chi connectivity index (χ1) is 25.5. The first kappa shape index (κ1) is 30.5. The van der Waals surface area contributed by atoms with Gasteiger partial charge < -0.3 is 5.11 Å². The lowest BCUT2D eigenvalue weighted by atomic mass is 9.82. The Balaban J connectivity index is 1.25. The van der Waals surface area contributed by atoms with Gasteiger partial charge in [0.1, 0.15) is 0 Å². The van der Waals surface area contributed by atoms with Crippen molar-refractivity contribution in [1.82, 2.24) is 0 Å². The van der Waals surface area contributed by atoms with Gasteiger partial charge in [-0.05, 0) is 131 Å². The Hall–Kier alpha value is -6.28. The molecule has 1 heteroatoms. The van der Waals surface area contributed by atoms with Gasteiger partial charge in [0.2, 0.25) is 0 Å². The van der Waals surface area contributed by atoms with Gasteiger partial charge in [-0.3, -0.25) is 0 Å². The summed E-state index contributed by atoms with van der Waals surface area (Å²) in [4.78, 5) is 0. The van der Waals surface area contributed by atoms with Crippen LogP contribution in [-0.2, 0) is 5.60 Å². The number of benzene rings is 9. The van der Waals surface area contributed by atoms with Gasteiger partial charge in [-0.25, -0.2) is 0 Å². The average Bonchev–Trinajstić information content (AvgIpc) is 3.51. The second-order valence-electron chi connectivity index (χ2n) is 14.5. The van der Waals surface area contributed by atoms with E-state index < -0.39 is 5.60 Å². The molecular formula is C51H36O. The van der Waals surface area contributed by atoms with E-state index in [4.69, 9.17) is 0 Å². The summed E-state index contributed by atoms with van der Waals surface area (Å²) in [5.74, 6) is 0. The minimum Gasteiger partial charge on any atom is -0.386 e. The highest BCUT2D eigenvalue weighted by Gasteiger charge is 2.32. The Labute approximate surface area is 304 Å². The Morgan fingerprint density at radius 2 is 0.846 bits per heavy atom. The molecule has 0 amide bonds. The van der Waals surface area contributed by atoms with Crippen LogP contribution in [0.15, 0.2) is 176 Å². The molecule has 0 atom stereocenters. The summed E-state index contributed by atoms with van der Waals surface area (Å²) in [5.41, 5.74) is 14.3. The van der Waals surface area contributed by atoms with Crippen molar-refractivity contribution in [3.05, 3.63) is 181 Å². The van der Waals surface area contributed by atoms with E-state index in [9.17, 15) is 5.11 Å². The zero-order valence-corrected chi connectivity index (χ0v) is 29.2. The Bertz CT molecular complexity index is 2760. The van der Waals surface area contributed by atoms with E-state index in [1.165, 1.54) is 76.8 Å². The van der Waals surface area contributed by atoms with E-state index in [0.717, 1.165) is 27.8 Å². The van der Waals surface area contributed by atoms with Crippen molar-refractivity contribution in [2.75, 3.05) is 0 Å². The molecule has 52 heavy (non-hydrogen) atoms. The third kappa shape index (κ3) is 4.67. The van der Waals surface area contributed by atoms with Crippen LogP contribution in [-0.4, -0.2) is 5.11 Å². The summed E-state index contributed by atoms with van der Waals surface area (Å²) < 4.78 is 0. The predicted molar refractivity (Wildman–Crippen MR) is 220 cm³/mol. The van der Waals surface area contributed by atoms with Gasteiger partial charge in [0.05, 0.1) is 5.60 Å². The standard InChI is InChI=1S/C51H36O/c1-51(2,52)45-31-37(36-25-24-32-14-9-10-19-35(32)30-36)26-27-39(45)38-28-29-44-48-40(38)22-13-23-43(48)49-46(33-15-5-3-6-16-33)41-20-11-12-21-42(41)47(50(44)49)34-17-7-4-8-18-34/h3-31,52H,1-2H3. The summed E-state index contributed by atoms with van der Waals surface area (Å²) in [6.45, 7) is 3.80. The maximum Gasteiger partial charge on any atom is 0.0846 e. The Morgan fingerprint density at radius 1 is 0.346 bits per heavy atom. The molecule has 0 unspecified atom stereocenters. The molecule has 9 aromatic rings. The summed E-state index contributed by atoms with van der Waals surface area (Å²) in [5, 5.41) is 19.1. The largest absolute Gasteiger partial charge is 0.386 e. The maximum absolute atomic E-state index is 11.7. The number of fused-ring (bicyclic) bond motifs is 5. The van der Waals surface area contributed by atoms with E-state index >= 15 is 0 Å². The highest BCUT2D eigenvalue weighted by molar-refractivity contribution is 6.28. The topological polar surface area (TPSA) is 20.2 Å². The van der Waals surface area contributed by atoms with Crippen molar-refractivity contribution in [2.45, 2.75) is 19.4 Å². The molecule has 0 bridgehead atoms. The lowest BCUT2D eigenvalue weighted by Gasteiger charge is -2.24. The van der Waals surface area contributed by atoms with Crippen LogP contribution in [0.25, 0.3) is 99.1 Å². The Kier molecular flexibility index (Phi) is 6.83. The zero-order chi connectivity index (χ0) is 35.0. The summed E-state index contributed by atoms with van der Waals surface area (Å²) in [6.07, 6.45) is 0. The number of hydrogen-bond donors (Lipinski definition) is 1. The fourth-order valence-corrected chi connectivity index (χ4v) is 8.68. The van der Waals surface area contributed by atoms with Crippen molar-refractivity contribution in [2.24, 2.45) is 0 Å². The fraction of sp³-hybridized carbons (Fsp3) is 0.0588. The molecular weight excluding hydrogens is 629 g/mol. The molecule has 246 valence electrons. The van der Waals surface area contributed by atoms with Crippen LogP contribution in [0.4, 0.5) is 0 Å². The van der Waals surface area contributed by atoms with Crippen LogP contribution in [0.2, 0.25) is 0 Å². The van der Waals surface area contributed by atoms with E-state index in [1.54, 1.807) is 0 Å². The lowest BCUT2D eigenvalue weighted by molar-refractivity contribution is 0.0792. The van der Waals surface area contributed by atoms with Crippen LogP contribution in [0, 0.1) is 0 Å². The SMILES string of the molecule is CC(C)(O)c1cc(-c2ccc3ccccc3c2)ccc1-c1ccc2c3c(cccc13)-c1c-2c(-c2ccccc2)c2ccccc2c1-c1ccccc1. The van der Waals surface area contributed by atoms with Crippen LogP contribution in [0.3, 0.4) is 0 Å². The molecule has 1 aliphatic rings.